The highest BCUT2D eigenvalue weighted by Gasteiger charge is 2.30. The van der Waals surface area contributed by atoms with Gasteiger partial charge in [-0.2, -0.15) is 0 Å². The van der Waals surface area contributed by atoms with E-state index >= 15 is 0 Å². The van der Waals surface area contributed by atoms with Gasteiger partial charge in [0.05, 0.1) is 19.8 Å². The van der Waals surface area contributed by atoms with E-state index in [9.17, 15) is 14.4 Å². The Labute approximate surface area is 141 Å². The third-order valence-corrected chi connectivity index (χ3v) is 3.20. The Morgan fingerprint density at radius 2 is 1.50 bits per heavy atom. The fourth-order valence-corrected chi connectivity index (χ4v) is 1.97. The van der Waals surface area contributed by atoms with Crippen molar-refractivity contribution in [1.29, 1.82) is 0 Å². The molecule has 132 valence electrons. The Balaban J connectivity index is 2.59. The van der Waals surface area contributed by atoms with Crippen molar-refractivity contribution in [1.82, 2.24) is 5.32 Å². The maximum absolute atomic E-state index is 12.0. The first kappa shape index (κ1) is 19.6. The molecule has 0 saturated carbocycles. The van der Waals surface area contributed by atoms with Crippen molar-refractivity contribution in [2.24, 2.45) is 0 Å². The van der Waals surface area contributed by atoms with E-state index in [2.05, 4.69) is 5.32 Å². The highest BCUT2D eigenvalue weighted by molar-refractivity contribution is 6.02. The number of aliphatic hydroxyl groups excluding tert-OH is 1. The lowest BCUT2D eigenvalue weighted by Gasteiger charge is -2.15. The van der Waals surface area contributed by atoms with Crippen molar-refractivity contribution in [3.8, 4) is 0 Å². The molecule has 0 saturated heterocycles. The van der Waals surface area contributed by atoms with Crippen molar-refractivity contribution in [3.63, 3.8) is 0 Å². The van der Waals surface area contributed by atoms with Crippen LogP contribution in [0.15, 0.2) is 24.3 Å². The van der Waals surface area contributed by atoms with E-state index < -0.39 is 23.9 Å². The molecule has 0 aliphatic carbocycles. The number of carbonyl (C=O) groups is 3. The van der Waals surface area contributed by atoms with Gasteiger partial charge in [0.1, 0.15) is 0 Å². The molecular weight excluding hydrogens is 314 g/mol. The average molecular weight is 337 g/mol. The van der Waals surface area contributed by atoms with Crippen LogP contribution in [0.2, 0.25) is 0 Å². The molecule has 1 aromatic carbocycles. The van der Waals surface area contributed by atoms with Gasteiger partial charge in [0.25, 0.3) is 0 Å². The summed E-state index contributed by atoms with van der Waals surface area (Å²) in [5, 5.41) is 11.3. The van der Waals surface area contributed by atoms with Gasteiger partial charge in [-0.05, 0) is 31.4 Å². The summed E-state index contributed by atoms with van der Waals surface area (Å²) < 4.78 is 9.57. The van der Waals surface area contributed by atoms with Crippen LogP contribution in [0.3, 0.4) is 0 Å². The number of aryl methyl sites for hydroxylation is 1. The molecule has 1 aromatic rings. The number of carbonyl (C=O) groups excluding carboxylic acids is 3. The van der Waals surface area contributed by atoms with Gasteiger partial charge in [-0.3, -0.25) is 4.79 Å². The molecule has 7 nitrogen and oxygen atoms in total. The lowest BCUT2D eigenvalue weighted by molar-refractivity contribution is -0.159. The summed E-state index contributed by atoms with van der Waals surface area (Å²) in [6.45, 7) is 3.38. The van der Waals surface area contributed by atoms with Gasteiger partial charge in [0.15, 0.2) is 0 Å². The topological polar surface area (TPSA) is 102 Å². The van der Waals surface area contributed by atoms with Crippen molar-refractivity contribution in [3.05, 3.63) is 35.4 Å². The van der Waals surface area contributed by atoms with Crippen molar-refractivity contribution < 1.29 is 29.0 Å². The molecule has 0 aliphatic rings. The molecule has 0 aliphatic heterocycles. The van der Waals surface area contributed by atoms with Crippen molar-refractivity contribution in [2.75, 3.05) is 13.2 Å². The second-order valence-corrected chi connectivity index (χ2v) is 4.98. The van der Waals surface area contributed by atoms with E-state index in [0.717, 1.165) is 11.1 Å². The fourth-order valence-electron chi connectivity index (χ4n) is 1.97. The highest BCUT2D eigenvalue weighted by Crippen LogP contribution is 2.07. The lowest BCUT2D eigenvalue weighted by atomic mass is 10.1. The Bertz CT molecular complexity index is 537. The highest BCUT2D eigenvalue weighted by atomic mass is 16.6. The summed E-state index contributed by atoms with van der Waals surface area (Å²) in [4.78, 5) is 35.6. The number of ether oxygens (including phenoxy) is 2. The lowest BCUT2D eigenvalue weighted by Crippen LogP contribution is -2.48. The Morgan fingerprint density at radius 1 is 1.00 bits per heavy atom. The largest absolute Gasteiger partial charge is 0.464 e. The first-order valence-corrected chi connectivity index (χ1v) is 7.83. The van der Waals surface area contributed by atoms with Gasteiger partial charge in [-0.1, -0.05) is 24.3 Å². The monoisotopic (exact) mass is 337 g/mol. The van der Waals surface area contributed by atoms with Crippen molar-refractivity contribution >= 4 is 17.8 Å². The quantitative estimate of drug-likeness (QED) is 0.509. The predicted octanol–water partition coefficient (Wildman–Crippen LogP) is 0.722. The molecule has 0 aromatic heterocycles. The number of amides is 1. The maximum Gasteiger partial charge on any atom is 0.340 e. The van der Waals surface area contributed by atoms with Crippen LogP contribution in [-0.2, 0) is 36.9 Å². The second-order valence-electron chi connectivity index (χ2n) is 4.98. The van der Waals surface area contributed by atoms with Gasteiger partial charge in [-0.15, -0.1) is 0 Å². The minimum absolute atomic E-state index is 0.0402. The number of hydrogen-bond donors (Lipinski definition) is 2. The van der Waals surface area contributed by atoms with E-state index in [1.165, 1.54) is 0 Å². The number of esters is 2. The van der Waals surface area contributed by atoms with E-state index in [4.69, 9.17) is 14.6 Å². The van der Waals surface area contributed by atoms with Crippen LogP contribution in [0.1, 0.15) is 31.4 Å². The number of benzene rings is 1. The van der Waals surface area contributed by atoms with Crippen LogP contribution in [-0.4, -0.2) is 42.2 Å². The molecule has 24 heavy (non-hydrogen) atoms. The van der Waals surface area contributed by atoms with Crippen LogP contribution in [0.25, 0.3) is 0 Å². The van der Waals surface area contributed by atoms with Crippen LogP contribution in [0, 0.1) is 0 Å². The van der Waals surface area contributed by atoms with Gasteiger partial charge < -0.3 is 19.9 Å². The first-order chi connectivity index (χ1) is 11.5. The average Bonchev–Trinajstić information content (AvgIpc) is 2.58. The Hall–Kier alpha value is -2.41. The van der Waals surface area contributed by atoms with E-state index in [0.29, 0.717) is 6.42 Å². The third-order valence-electron chi connectivity index (χ3n) is 3.20. The minimum atomic E-state index is -1.45. The van der Waals surface area contributed by atoms with Crippen LogP contribution >= 0.6 is 0 Å². The summed E-state index contributed by atoms with van der Waals surface area (Å²) in [5.41, 5.74) is 1.69. The zero-order chi connectivity index (χ0) is 17.9. The Morgan fingerprint density at radius 3 is 1.96 bits per heavy atom. The maximum atomic E-state index is 12.0. The molecule has 0 radical (unpaired) electrons. The normalized spacial score (nSPS) is 10.3. The SMILES string of the molecule is CCOC(=O)C(NC(=O)CCc1ccc(CO)cc1)C(=O)OCC. The Kier molecular flexibility index (Phi) is 8.49. The summed E-state index contributed by atoms with van der Waals surface area (Å²) >= 11 is 0. The fraction of sp³-hybridized carbons (Fsp3) is 0.471. The summed E-state index contributed by atoms with van der Waals surface area (Å²) in [5.74, 6) is -2.12. The predicted molar refractivity (Wildman–Crippen MR) is 85.9 cm³/mol. The summed E-state index contributed by atoms with van der Waals surface area (Å²) in [7, 11) is 0. The molecule has 7 heteroatoms. The van der Waals surface area contributed by atoms with Crippen LogP contribution in [0.5, 0.6) is 0 Å². The zero-order valence-electron chi connectivity index (χ0n) is 13.9. The second kappa shape index (κ2) is 10.4. The van der Waals surface area contributed by atoms with E-state index in [1.807, 2.05) is 12.1 Å². The molecule has 0 spiro atoms. The zero-order valence-corrected chi connectivity index (χ0v) is 13.9. The molecule has 0 heterocycles. The molecule has 0 fully saturated rings. The minimum Gasteiger partial charge on any atom is -0.464 e. The van der Waals surface area contributed by atoms with Gasteiger partial charge in [-0.25, -0.2) is 9.59 Å². The molecule has 0 bridgehead atoms. The summed E-state index contributed by atoms with van der Waals surface area (Å²) in [6, 6.07) is 5.72. The molecular formula is C17H23NO6. The van der Waals surface area contributed by atoms with Gasteiger partial charge in [0, 0.05) is 6.42 Å². The number of aliphatic hydroxyl groups is 1. The van der Waals surface area contributed by atoms with Gasteiger partial charge in [0.2, 0.25) is 11.9 Å². The molecule has 0 unspecified atom stereocenters. The molecule has 2 N–H and O–H groups in total. The van der Waals surface area contributed by atoms with E-state index in [-0.39, 0.29) is 26.2 Å². The number of hydrogen-bond acceptors (Lipinski definition) is 6. The summed E-state index contributed by atoms with van der Waals surface area (Å²) in [6.07, 6.45) is 0.545. The third kappa shape index (κ3) is 6.37. The first-order valence-electron chi connectivity index (χ1n) is 7.83. The molecule has 1 rings (SSSR count). The van der Waals surface area contributed by atoms with Gasteiger partial charge >= 0.3 is 11.9 Å². The number of rotatable bonds is 9. The van der Waals surface area contributed by atoms with Crippen LogP contribution < -0.4 is 5.32 Å². The smallest absolute Gasteiger partial charge is 0.340 e. The molecule has 0 atom stereocenters. The molecule has 1 amide bonds. The standard InChI is InChI=1S/C17H23NO6/c1-3-23-16(21)15(17(22)24-4-2)18-14(20)10-9-12-5-7-13(11-19)8-6-12/h5-8,15,19H,3-4,9-11H2,1-2H3,(H,18,20). The number of nitrogens with one attached hydrogen (secondary N) is 1. The van der Waals surface area contributed by atoms with Crippen molar-refractivity contribution in [2.45, 2.75) is 39.3 Å². The van der Waals surface area contributed by atoms with E-state index in [1.54, 1.807) is 26.0 Å². The van der Waals surface area contributed by atoms with Crippen LogP contribution in [0.4, 0.5) is 0 Å².